The number of hydrogen-bond donors (Lipinski definition) is 0. The lowest BCUT2D eigenvalue weighted by Gasteiger charge is -2.12. The first kappa shape index (κ1) is 17.6. The van der Waals surface area contributed by atoms with E-state index >= 15 is 0 Å². The van der Waals surface area contributed by atoms with Crippen LogP contribution < -0.4 is 9.47 Å². The van der Waals surface area contributed by atoms with Gasteiger partial charge in [-0.2, -0.15) is 0 Å². The Morgan fingerprint density at radius 3 is 2.42 bits per heavy atom. The molecule has 0 N–H and O–H groups in total. The Hall–Kier alpha value is -2.75. The Kier molecular flexibility index (Phi) is 6.43. The van der Waals surface area contributed by atoms with Crippen LogP contribution in [0, 0.1) is 0 Å². The lowest BCUT2D eigenvalue weighted by Crippen LogP contribution is -2.07. The molecule has 0 saturated heterocycles. The lowest BCUT2D eigenvalue weighted by molar-refractivity contribution is 0.0597. The zero-order valence-corrected chi connectivity index (χ0v) is 14.2. The molecule has 126 valence electrons. The molecule has 0 aliphatic carbocycles. The maximum atomic E-state index is 12.1. The molecule has 0 aliphatic heterocycles. The van der Waals surface area contributed by atoms with E-state index in [1.54, 1.807) is 19.2 Å². The largest absolute Gasteiger partial charge is 0.497 e. The molecule has 24 heavy (non-hydrogen) atoms. The summed E-state index contributed by atoms with van der Waals surface area (Å²) in [6, 6.07) is 13.7. The standard InChI is InChI=1S/C20H22O4/c1-22-17-13-16(19(20(21)24-3)18(14-17)23-2)12-8-7-11-15-9-5-4-6-10-15/h4-6,8-10,12-14H,7,11H2,1-3H3. The van der Waals surface area contributed by atoms with E-state index in [1.165, 1.54) is 19.8 Å². The SMILES string of the molecule is COC(=O)c1c(C=CCCc2ccccc2)cc(OC)cc1OC. The van der Waals surface area contributed by atoms with E-state index in [4.69, 9.17) is 14.2 Å². The molecule has 2 aromatic carbocycles. The van der Waals surface area contributed by atoms with Crippen LogP contribution in [0.4, 0.5) is 0 Å². The number of aryl methyl sites for hydroxylation is 1. The van der Waals surface area contributed by atoms with Gasteiger partial charge < -0.3 is 14.2 Å². The lowest BCUT2D eigenvalue weighted by atomic mass is 10.0. The highest BCUT2D eigenvalue weighted by atomic mass is 16.5. The Balaban J connectivity index is 2.23. The van der Waals surface area contributed by atoms with E-state index < -0.39 is 5.97 Å². The third-order valence-electron chi connectivity index (χ3n) is 3.69. The van der Waals surface area contributed by atoms with Crippen molar-refractivity contribution in [1.29, 1.82) is 0 Å². The molecule has 0 saturated carbocycles. The average Bonchev–Trinajstić information content (AvgIpc) is 2.64. The van der Waals surface area contributed by atoms with Crippen molar-refractivity contribution >= 4 is 12.0 Å². The van der Waals surface area contributed by atoms with Gasteiger partial charge in [-0.25, -0.2) is 4.79 Å². The van der Waals surface area contributed by atoms with E-state index in [2.05, 4.69) is 12.1 Å². The molecule has 0 spiro atoms. The number of carbonyl (C=O) groups is 1. The number of carbonyl (C=O) groups excluding carboxylic acids is 1. The van der Waals surface area contributed by atoms with Gasteiger partial charge in [0.15, 0.2) is 0 Å². The Morgan fingerprint density at radius 2 is 1.79 bits per heavy atom. The first-order valence-electron chi connectivity index (χ1n) is 7.74. The summed E-state index contributed by atoms with van der Waals surface area (Å²) in [6.07, 6.45) is 5.74. The van der Waals surface area contributed by atoms with E-state index in [-0.39, 0.29) is 0 Å². The summed E-state index contributed by atoms with van der Waals surface area (Å²) in [5.41, 5.74) is 2.39. The number of benzene rings is 2. The molecule has 0 unspecified atom stereocenters. The zero-order chi connectivity index (χ0) is 17.4. The quantitative estimate of drug-likeness (QED) is 0.718. The predicted molar refractivity (Wildman–Crippen MR) is 94.7 cm³/mol. The molecule has 2 aromatic rings. The molecular weight excluding hydrogens is 304 g/mol. The normalized spacial score (nSPS) is 10.6. The molecule has 0 heterocycles. The van der Waals surface area contributed by atoms with Crippen LogP contribution in [0.3, 0.4) is 0 Å². The Morgan fingerprint density at radius 1 is 1.04 bits per heavy atom. The van der Waals surface area contributed by atoms with Crippen molar-refractivity contribution in [3.05, 3.63) is 65.2 Å². The second-order valence-electron chi connectivity index (χ2n) is 5.21. The molecule has 4 heteroatoms. The van der Waals surface area contributed by atoms with Crippen molar-refractivity contribution < 1.29 is 19.0 Å². The number of hydrogen-bond acceptors (Lipinski definition) is 4. The van der Waals surface area contributed by atoms with Crippen LogP contribution in [0.1, 0.15) is 27.9 Å². The van der Waals surface area contributed by atoms with Gasteiger partial charge in [0.2, 0.25) is 0 Å². The zero-order valence-electron chi connectivity index (χ0n) is 14.2. The van der Waals surface area contributed by atoms with Crippen LogP contribution >= 0.6 is 0 Å². The fraction of sp³-hybridized carbons (Fsp3) is 0.250. The number of esters is 1. The van der Waals surface area contributed by atoms with Gasteiger partial charge in [0.25, 0.3) is 0 Å². The summed E-state index contributed by atoms with van der Waals surface area (Å²) in [6.45, 7) is 0. The van der Waals surface area contributed by atoms with Gasteiger partial charge in [0.1, 0.15) is 17.1 Å². The maximum Gasteiger partial charge on any atom is 0.342 e. The van der Waals surface area contributed by atoms with Gasteiger partial charge in [0.05, 0.1) is 21.3 Å². The second kappa shape index (κ2) is 8.77. The average molecular weight is 326 g/mol. The number of methoxy groups -OCH3 is 3. The van der Waals surface area contributed by atoms with Crippen LogP contribution in [0.2, 0.25) is 0 Å². The number of rotatable bonds is 7. The molecular formula is C20H22O4. The number of ether oxygens (including phenoxy) is 3. The highest BCUT2D eigenvalue weighted by Gasteiger charge is 2.18. The highest BCUT2D eigenvalue weighted by molar-refractivity contribution is 5.97. The van der Waals surface area contributed by atoms with E-state index in [1.807, 2.05) is 30.4 Å². The van der Waals surface area contributed by atoms with Gasteiger partial charge >= 0.3 is 5.97 Å². The van der Waals surface area contributed by atoms with Gasteiger partial charge in [-0.3, -0.25) is 0 Å². The van der Waals surface area contributed by atoms with Crippen LogP contribution in [-0.4, -0.2) is 27.3 Å². The predicted octanol–water partition coefficient (Wildman–Crippen LogP) is 4.14. The molecule has 0 amide bonds. The third kappa shape index (κ3) is 4.38. The summed E-state index contributed by atoms with van der Waals surface area (Å²) >= 11 is 0. The first-order chi connectivity index (χ1) is 11.7. The van der Waals surface area contributed by atoms with E-state index in [0.29, 0.717) is 22.6 Å². The topological polar surface area (TPSA) is 44.8 Å². The minimum Gasteiger partial charge on any atom is -0.497 e. The van der Waals surface area contributed by atoms with E-state index in [0.717, 1.165) is 12.8 Å². The van der Waals surface area contributed by atoms with Gasteiger partial charge in [-0.15, -0.1) is 0 Å². The Labute approximate surface area is 142 Å². The van der Waals surface area contributed by atoms with Crippen LogP contribution in [0.5, 0.6) is 11.5 Å². The second-order valence-corrected chi connectivity index (χ2v) is 5.21. The molecule has 0 bridgehead atoms. The summed E-state index contributed by atoms with van der Waals surface area (Å²) in [4.78, 5) is 12.1. The van der Waals surface area contributed by atoms with Crippen molar-refractivity contribution in [3.63, 3.8) is 0 Å². The summed E-state index contributed by atoms with van der Waals surface area (Å²) in [7, 11) is 4.45. The van der Waals surface area contributed by atoms with Crippen LogP contribution in [0.25, 0.3) is 6.08 Å². The highest BCUT2D eigenvalue weighted by Crippen LogP contribution is 2.30. The number of allylic oxidation sites excluding steroid dienone is 1. The van der Waals surface area contributed by atoms with Crippen molar-refractivity contribution in [2.75, 3.05) is 21.3 Å². The minimum absolute atomic E-state index is 0.400. The fourth-order valence-electron chi connectivity index (χ4n) is 2.45. The van der Waals surface area contributed by atoms with Gasteiger partial charge in [-0.1, -0.05) is 42.5 Å². The molecule has 0 aromatic heterocycles. The maximum absolute atomic E-state index is 12.1. The monoisotopic (exact) mass is 326 g/mol. The van der Waals surface area contributed by atoms with Crippen LogP contribution in [0.15, 0.2) is 48.5 Å². The molecule has 0 fully saturated rings. The van der Waals surface area contributed by atoms with Crippen molar-refractivity contribution in [1.82, 2.24) is 0 Å². The minimum atomic E-state index is -0.433. The summed E-state index contributed by atoms with van der Waals surface area (Å²) < 4.78 is 15.5. The molecule has 2 rings (SSSR count). The van der Waals surface area contributed by atoms with E-state index in [9.17, 15) is 4.79 Å². The van der Waals surface area contributed by atoms with Crippen molar-refractivity contribution in [3.8, 4) is 11.5 Å². The Bertz CT molecular complexity index is 705. The summed E-state index contributed by atoms with van der Waals surface area (Å²) in [5, 5.41) is 0. The molecule has 4 nitrogen and oxygen atoms in total. The molecule has 0 aliphatic rings. The van der Waals surface area contributed by atoms with Gasteiger partial charge in [0, 0.05) is 6.07 Å². The van der Waals surface area contributed by atoms with Crippen molar-refractivity contribution in [2.24, 2.45) is 0 Å². The smallest absolute Gasteiger partial charge is 0.342 e. The third-order valence-corrected chi connectivity index (χ3v) is 3.69. The van der Waals surface area contributed by atoms with Crippen LogP contribution in [-0.2, 0) is 11.2 Å². The van der Waals surface area contributed by atoms with Crippen molar-refractivity contribution in [2.45, 2.75) is 12.8 Å². The first-order valence-corrected chi connectivity index (χ1v) is 7.74. The molecule has 0 radical (unpaired) electrons. The fourth-order valence-corrected chi connectivity index (χ4v) is 2.45. The molecule has 0 atom stereocenters. The van der Waals surface area contributed by atoms with Gasteiger partial charge in [-0.05, 0) is 30.0 Å². The summed E-state index contributed by atoms with van der Waals surface area (Å²) in [5.74, 6) is 0.628.